The Labute approximate surface area is 114 Å². The van der Waals surface area contributed by atoms with E-state index in [-0.39, 0.29) is 17.2 Å². The third-order valence-electron chi connectivity index (χ3n) is 3.37. The lowest BCUT2D eigenvalue weighted by Gasteiger charge is -2.27. The fraction of sp³-hybridized carbons (Fsp3) is 0.462. The van der Waals surface area contributed by atoms with Gasteiger partial charge >= 0.3 is 6.18 Å². The molecule has 20 heavy (non-hydrogen) atoms. The molecule has 1 aliphatic rings. The number of amides is 1. The van der Waals surface area contributed by atoms with Crippen LogP contribution in [0.15, 0.2) is 18.2 Å². The zero-order valence-corrected chi connectivity index (χ0v) is 10.8. The Morgan fingerprint density at radius 1 is 1.20 bits per heavy atom. The summed E-state index contributed by atoms with van der Waals surface area (Å²) >= 11 is 0. The summed E-state index contributed by atoms with van der Waals surface area (Å²) in [5.41, 5.74) is 0.872. The molecule has 2 rings (SSSR count). The van der Waals surface area contributed by atoms with E-state index in [1.165, 1.54) is 12.1 Å². The summed E-state index contributed by atoms with van der Waals surface area (Å²) in [6.45, 7) is 1.19. The zero-order valence-electron chi connectivity index (χ0n) is 10.8. The maximum Gasteiger partial charge on any atom is 0.418 e. The number of anilines is 1. The van der Waals surface area contributed by atoms with E-state index in [0.29, 0.717) is 13.1 Å². The summed E-state index contributed by atoms with van der Waals surface area (Å²) in [7, 11) is 0. The third-order valence-corrected chi connectivity index (χ3v) is 3.37. The Hall–Kier alpha value is -1.76. The SMILES string of the molecule is NNc1ccc(C(=O)N2CCCCC2)cc1C(F)(F)F. The summed E-state index contributed by atoms with van der Waals surface area (Å²) < 4.78 is 38.7. The van der Waals surface area contributed by atoms with Crippen LogP contribution in [0.3, 0.4) is 0 Å². The van der Waals surface area contributed by atoms with E-state index in [4.69, 9.17) is 5.84 Å². The number of carbonyl (C=O) groups excluding carboxylic acids is 1. The molecule has 0 bridgehead atoms. The average molecular weight is 287 g/mol. The molecule has 0 spiro atoms. The number of nitrogens with one attached hydrogen (secondary N) is 1. The van der Waals surface area contributed by atoms with Gasteiger partial charge in [0.1, 0.15) is 0 Å². The highest BCUT2D eigenvalue weighted by molar-refractivity contribution is 5.95. The van der Waals surface area contributed by atoms with Crippen molar-refractivity contribution in [3.05, 3.63) is 29.3 Å². The molecule has 1 heterocycles. The Morgan fingerprint density at radius 3 is 2.40 bits per heavy atom. The molecule has 1 aliphatic heterocycles. The molecular weight excluding hydrogens is 271 g/mol. The van der Waals surface area contributed by atoms with Gasteiger partial charge in [-0.25, -0.2) is 0 Å². The van der Waals surface area contributed by atoms with Crippen LogP contribution in [0.1, 0.15) is 35.2 Å². The number of rotatable bonds is 2. The highest BCUT2D eigenvalue weighted by Crippen LogP contribution is 2.35. The van der Waals surface area contributed by atoms with Crippen LogP contribution < -0.4 is 11.3 Å². The highest BCUT2D eigenvalue weighted by Gasteiger charge is 2.34. The van der Waals surface area contributed by atoms with Gasteiger partial charge in [-0.1, -0.05) is 0 Å². The number of halogens is 3. The summed E-state index contributed by atoms with van der Waals surface area (Å²) in [5, 5.41) is 0. The van der Waals surface area contributed by atoms with Crippen LogP contribution >= 0.6 is 0 Å². The van der Waals surface area contributed by atoms with Crippen LogP contribution in [-0.4, -0.2) is 23.9 Å². The van der Waals surface area contributed by atoms with Gasteiger partial charge in [0.05, 0.1) is 11.3 Å². The van der Waals surface area contributed by atoms with Gasteiger partial charge < -0.3 is 10.3 Å². The van der Waals surface area contributed by atoms with E-state index in [1.54, 1.807) is 4.90 Å². The summed E-state index contributed by atoms with van der Waals surface area (Å²) in [6, 6.07) is 3.40. The lowest BCUT2D eigenvalue weighted by Crippen LogP contribution is -2.35. The van der Waals surface area contributed by atoms with Gasteiger partial charge in [-0.15, -0.1) is 0 Å². The minimum Gasteiger partial charge on any atom is -0.339 e. The number of hydrogen-bond acceptors (Lipinski definition) is 3. The van der Waals surface area contributed by atoms with Gasteiger partial charge in [-0.3, -0.25) is 10.6 Å². The molecule has 1 amide bonds. The van der Waals surface area contributed by atoms with Crippen LogP contribution in [-0.2, 0) is 6.18 Å². The lowest BCUT2D eigenvalue weighted by atomic mass is 10.1. The monoisotopic (exact) mass is 287 g/mol. The molecule has 0 aromatic heterocycles. The second-order valence-electron chi connectivity index (χ2n) is 4.76. The zero-order chi connectivity index (χ0) is 14.8. The van der Waals surface area contributed by atoms with E-state index in [1.807, 2.05) is 5.43 Å². The van der Waals surface area contributed by atoms with E-state index in [2.05, 4.69) is 0 Å². The first-order valence-electron chi connectivity index (χ1n) is 6.40. The molecule has 1 saturated heterocycles. The predicted octanol–water partition coefficient (Wildman–Crippen LogP) is 2.62. The summed E-state index contributed by atoms with van der Waals surface area (Å²) in [6.07, 6.45) is -1.73. The molecule has 110 valence electrons. The standard InChI is InChI=1S/C13H16F3N3O/c14-13(15,16)10-8-9(4-5-11(10)18-17)12(20)19-6-2-1-3-7-19/h4-5,8,18H,1-3,6-7,17H2. The molecule has 1 fully saturated rings. The van der Waals surface area contributed by atoms with Crippen molar-refractivity contribution < 1.29 is 18.0 Å². The average Bonchev–Trinajstić information content (AvgIpc) is 2.46. The van der Waals surface area contributed by atoms with Crippen molar-refractivity contribution in [2.75, 3.05) is 18.5 Å². The van der Waals surface area contributed by atoms with Crippen LogP contribution in [0.5, 0.6) is 0 Å². The maximum atomic E-state index is 12.9. The molecule has 4 nitrogen and oxygen atoms in total. The molecule has 1 aromatic carbocycles. The Morgan fingerprint density at radius 2 is 1.85 bits per heavy atom. The fourth-order valence-electron chi connectivity index (χ4n) is 2.32. The number of hydrazine groups is 1. The molecule has 0 radical (unpaired) electrons. The first-order chi connectivity index (χ1) is 9.43. The number of benzene rings is 1. The molecule has 0 atom stereocenters. The van der Waals surface area contributed by atoms with E-state index < -0.39 is 11.7 Å². The second-order valence-corrected chi connectivity index (χ2v) is 4.76. The van der Waals surface area contributed by atoms with Gasteiger partial charge in [-0.2, -0.15) is 13.2 Å². The fourth-order valence-corrected chi connectivity index (χ4v) is 2.32. The maximum absolute atomic E-state index is 12.9. The molecule has 7 heteroatoms. The molecule has 1 aromatic rings. The van der Waals surface area contributed by atoms with Crippen LogP contribution in [0.25, 0.3) is 0 Å². The van der Waals surface area contributed by atoms with Crippen LogP contribution in [0, 0.1) is 0 Å². The number of likely N-dealkylation sites (tertiary alicyclic amines) is 1. The number of nitrogens with two attached hydrogens (primary N) is 1. The number of piperidine rings is 1. The Kier molecular flexibility index (Phi) is 4.17. The quantitative estimate of drug-likeness (QED) is 0.649. The number of hydrogen-bond donors (Lipinski definition) is 2. The van der Waals surface area contributed by atoms with Crippen molar-refractivity contribution >= 4 is 11.6 Å². The molecule has 0 unspecified atom stereocenters. The van der Waals surface area contributed by atoms with Gasteiger partial charge in [0, 0.05) is 18.7 Å². The summed E-state index contributed by atoms with van der Waals surface area (Å²) in [4.78, 5) is 13.8. The lowest BCUT2D eigenvalue weighted by molar-refractivity contribution is -0.137. The third kappa shape index (κ3) is 3.04. The molecule has 3 N–H and O–H groups in total. The summed E-state index contributed by atoms with van der Waals surface area (Å²) in [5.74, 6) is 4.71. The smallest absolute Gasteiger partial charge is 0.339 e. The van der Waals surface area contributed by atoms with Crippen molar-refractivity contribution in [3.8, 4) is 0 Å². The minimum absolute atomic E-state index is 0.0400. The number of carbonyl (C=O) groups is 1. The van der Waals surface area contributed by atoms with Gasteiger partial charge in [0.15, 0.2) is 0 Å². The van der Waals surface area contributed by atoms with Gasteiger partial charge in [0.2, 0.25) is 0 Å². The minimum atomic E-state index is -4.56. The van der Waals surface area contributed by atoms with Gasteiger partial charge in [-0.05, 0) is 37.5 Å². The molecule has 0 saturated carbocycles. The van der Waals surface area contributed by atoms with E-state index in [9.17, 15) is 18.0 Å². The molecule has 0 aliphatic carbocycles. The van der Waals surface area contributed by atoms with Gasteiger partial charge in [0.25, 0.3) is 5.91 Å². The topological polar surface area (TPSA) is 58.4 Å². The Bertz CT molecular complexity index is 496. The number of nitrogens with zero attached hydrogens (tertiary/aromatic N) is 1. The normalized spacial score (nSPS) is 16.1. The van der Waals surface area contributed by atoms with E-state index >= 15 is 0 Å². The second kappa shape index (κ2) is 5.70. The Balaban J connectivity index is 2.30. The van der Waals surface area contributed by atoms with Crippen molar-refractivity contribution in [1.29, 1.82) is 0 Å². The molecular formula is C13H16F3N3O. The van der Waals surface area contributed by atoms with Crippen molar-refractivity contribution in [2.45, 2.75) is 25.4 Å². The first kappa shape index (κ1) is 14.6. The van der Waals surface area contributed by atoms with Crippen LogP contribution in [0.4, 0.5) is 18.9 Å². The van der Waals surface area contributed by atoms with E-state index in [0.717, 1.165) is 25.3 Å². The van der Waals surface area contributed by atoms with Crippen molar-refractivity contribution in [2.24, 2.45) is 5.84 Å². The number of nitrogen functional groups attached to an aromatic ring is 1. The highest BCUT2D eigenvalue weighted by atomic mass is 19.4. The van der Waals surface area contributed by atoms with Crippen molar-refractivity contribution in [1.82, 2.24) is 4.90 Å². The van der Waals surface area contributed by atoms with Crippen molar-refractivity contribution in [3.63, 3.8) is 0 Å². The van der Waals surface area contributed by atoms with Crippen LogP contribution in [0.2, 0.25) is 0 Å². The number of alkyl halides is 3. The predicted molar refractivity (Wildman–Crippen MR) is 69.0 cm³/mol. The largest absolute Gasteiger partial charge is 0.418 e. The first-order valence-corrected chi connectivity index (χ1v) is 6.40.